The largest absolute Gasteiger partial charge is 0.488 e. The second-order valence-corrected chi connectivity index (χ2v) is 7.62. The second-order valence-electron chi connectivity index (χ2n) is 7.62. The van der Waals surface area contributed by atoms with Gasteiger partial charge in [0.05, 0.1) is 19.0 Å². The highest BCUT2D eigenvalue weighted by atomic mass is 16.5. The Hall–Kier alpha value is -3.99. The third kappa shape index (κ3) is 5.44. The molecule has 0 spiro atoms. The van der Waals surface area contributed by atoms with Gasteiger partial charge in [0.1, 0.15) is 23.3 Å². The molecular weight excluding hydrogens is 428 g/mol. The summed E-state index contributed by atoms with van der Waals surface area (Å²) in [5, 5.41) is 16.2. The van der Waals surface area contributed by atoms with E-state index in [1.807, 2.05) is 0 Å². The van der Waals surface area contributed by atoms with Gasteiger partial charge in [0.2, 0.25) is 5.88 Å². The Morgan fingerprint density at radius 3 is 2.58 bits per heavy atom. The summed E-state index contributed by atoms with van der Waals surface area (Å²) in [5.41, 5.74) is 0.502. The Morgan fingerprint density at radius 2 is 1.97 bits per heavy atom. The highest BCUT2D eigenvalue weighted by Gasteiger charge is 2.23. The molecule has 2 aromatic heterocycles. The first-order valence-corrected chi connectivity index (χ1v) is 10.4. The third-order valence-corrected chi connectivity index (χ3v) is 4.90. The quantitative estimate of drug-likeness (QED) is 0.529. The molecule has 1 atom stereocenters. The molecule has 1 aliphatic heterocycles. The van der Waals surface area contributed by atoms with Crippen LogP contribution in [0.5, 0.6) is 17.4 Å². The van der Waals surface area contributed by atoms with Crippen LogP contribution in [0.3, 0.4) is 0 Å². The number of aromatic nitrogens is 4. The van der Waals surface area contributed by atoms with E-state index in [0.29, 0.717) is 11.6 Å². The first kappa shape index (κ1) is 22.2. The number of nitrogens with one attached hydrogen (secondary N) is 1. The van der Waals surface area contributed by atoms with Gasteiger partial charge in [-0.25, -0.2) is 9.97 Å². The number of aliphatic hydroxyl groups excluding tert-OH is 1. The number of anilines is 1. The van der Waals surface area contributed by atoms with E-state index < -0.39 is 12.0 Å². The molecule has 0 radical (unpaired) electrons. The Balaban J connectivity index is 1.54. The average Bonchev–Trinajstić information content (AvgIpc) is 3.17. The maximum atomic E-state index is 12.8. The third-order valence-electron chi connectivity index (χ3n) is 4.90. The highest BCUT2D eigenvalue weighted by molar-refractivity contribution is 6.04. The lowest BCUT2D eigenvalue weighted by molar-refractivity contribution is 0.0645. The van der Waals surface area contributed by atoms with Gasteiger partial charge < -0.3 is 24.8 Å². The molecule has 172 valence electrons. The SMILES string of the molecule is CC(CO)Oc1cc(Oc2cnc(C(=O)N3CCC3)cn2)cc(C(=O)Nc2ccn(C)n2)c1. The molecule has 1 aliphatic rings. The van der Waals surface area contributed by atoms with Crippen molar-refractivity contribution in [3.8, 4) is 17.4 Å². The van der Waals surface area contributed by atoms with Crippen LogP contribution in [0.25, 0.3) is 0 Å². The Morgan fingerprint density at radius 1 is 1.18 bits per heavy atom. The molecule has 2 amide bonds. The van der Waals surface area contributed by atoms with E-state index in [9.17, 15) is 14.7 Å². The van der Waals surface area contributed by atoms with Crippen molar-refractivity contribution in [1.82, 2.24) is 24.6 Å². The monoisotopic (exact) mass is 452 g/mol. The van der Waals surface area contributed by atoms with E-state index in [-0.39, 0.29) is 35.4 Å². The highest BCUT2D eigenvalue weighted by Crippen LogP contribution is 2.28. The van der Waals surface area contributed by atoms with Gasteiger partial charge in [-0.1, -0.05) is 0 Å². The summed E-state index contributed by atoms with van der Waals surface area (Å²) in [6.07, 6.45) is 4.92. The molecule has 0 bridgehead atoms. The van der Waals surface area contributed by atoms with Crippen LogP contribution in [0.1, 0.15) is 34.2 Å². The topological polar surface area (TPSA) is 132 Å². The van der Waals surface area contributed by atoms with Crippen LogP contribution in [-0.4, -0.2) is 67.4 Å². The molecule has 0 aliphatic carbocycles. The minimum atomic E-state index is -0.487. The smallest absolute Gasteiger partial charge is 0.274 e. The summed E-state index contributed by atoms with van der Waals surface area (Å²) in [4.78, 5) is 35.0. The zero-order chi connectivity index (χ0) is 23.4. The maximum Gasteiger partial charge on any atom is 0.274 e. The molecule has 33 heavy (non-hydrogen) atoms. The van der Waals surface area contributed by atoms with Crippen LogP contribution >= 0.6 is 0 Å². The molecule has 1 saturated heterocycles. The standard InChI is InChI=1S/C22H24N6O5/c1-14(13-29)32-16-8-15(21(30)25-19-4-7-27(2)26-19)9-17(10-16)33-20-12-23-18(11-24-20)22(31)28-5-3-6-28/h4,7-12,14,29H,3,5-6,13H2,1-2H3,(H,25,26,30). The number of aryl methyl sites for hydroxylation is 1. The molecule has 3 aromatic rings. The van der Waals surface area contributed by atoms with Gasteiger partial charge in [0, 0.05) is 44.0 Å². The van der Waals surface area contributed by atoms with Gasteiger partial charge in [-0.2, -0.15) is 5.10 Å². The van der Waals surface area contributed by atoms with E-state index in [4.69, 9.17) is 9.47 Å². The van der Waals surface area contributed by atoms with E-state index in [2.05, 4.69) is 20.4 Å². The van der Waals surface area contributed by atoms with Crippen LogP contribution in [-0.2, 0) is 7.05 Å². The number of ether oxygens (including phenoxy) is 2. The number of nitrogens with zero attached hydrogens (tertiary/aromatic N) is 5. The average molecular weight is 452 g/mol. The normalized spacial score (nSPS) is 13.7. The fourth-order valence-electron chi connectivity index (χ4n) is 3.05. The van der Waals surface area contributed by atoms with Crippen molar-refractivity contribution in [2.24, 2.45) is 7.05 Å². The Bertz CT molecular complexity index is 1140. The summed E-state index contributed by atoms with van der Waals surface area (Å²) in [6.45, 7) is 2.95. The fourth-order valence-corrected chi connectivity index (χ4v) is 3.05. The van der Waals surface area contributed by atoms with E-state index in [0.717, 1.165) is 19.5 Å². The van der Waals surface area contributed by atoms with Gasteiger partial charge >= 0.3 is 0 Å². The number of carbonyl (C=O) groups is 2. The lowest BCUT2D eigenvalue weighted by Gasteiger charge is -2.30. The first-order valence-electron chi connectivity index (χ1n) is 10.4. The summed E-state index contributed by atoms with van der Waals surface area (Å²) in [7, 11) is 1.75. The predicted octanol–water partition coefficient (Wildman–Crippen LogP) is 1.86. The molecule has 1 unspecified atom stereocenters. The number of aliphatic hydroxyl groups is 1. The van der Waals surface area contributed by atoms with Crippen LogP contribution < -0.4 is 14.8 Å². The van der Waals surface area contributed by atoms with Crippen LogP contribution in [0.4, 0.5) is 5.82 Å². The van der Waals surface area contributed by atoms with Gasteiger partial charge in [-0.3, -0.25) is 14.3 Å². The molecule has 1 fully saturated rings. The van der Waals surface area contributed by atoms with Crippen molar-refractivity contribution < 1.29 is 24.2 Å². The van der Waals surface area contributed by atoms with E-state index >= 15 is 0 Å². The summed E-state index contributed by atoms with van der Waals surface area (Å²) in [6, 6.07) is 6.31. The van der Waals surface area contributed by atoms with Gasteiger partial charge in [0.15, 0.2) is 5.82 Å². The summed E-state index contributed by atoms with van der Waals surface area (Å²) >= 11 is 0. The molecule has 0 saturated carbocycles. The Kier molecular flexibility index (Phi) is 6.50. The summed E-state index contributed by atoms with van der Waals surface area (Å²) < 4.78 is 13.0. The van der Waals surface area contributed by atoms with Gasteiger partial charge in [0.25, 0.3) is 11.8 Å². The summed E-state index contributed by atoms with van der Waals surface area (Å²) in [5.74, 6) is 0.578. The molecule has 4 rings (SSSR count). The number of benzene rings is 1. The van der Waals surface area contributed by atoms with Crippen LogP contribution in [0, 0.1) is 0 Å². The zero-order valence-electron chi connectivity index (χ0n) is 18.3. The molecule has 11 nitrogen and oxygen atoms in total. The van der Waals surface area contributed by atoms with Crippen molar-refractivity contribution in [2.45, 2.75) is 19.4 Å². The van der Waals surface area contributed by atoms with Crippen molar-refractivity contribution in [3.05, 3.63) is 54.1 Å². The molecule has 3 heterocycles. The number of rotatable bonds is 8. The van der Waals surface area contributed by atoms with Gasteiger partial charge in [-0.05, 0) is 25.5 Å². The fraction of sp³-hybridized carbons (Fsp3) is 0.318. The molecule has 11 heteroatoms. The van der Waals surface area contributed by atoms with Crippen molar-refractivity contribution in [3.63, 3.8) is 0 Å². The molecular formula is C22H24N6O5. The lowest BCUT2D eigenvalue weighted by atomic mass is 10.2. The minimum absolute atomic E-state index is 0.151. The predicted molar refractivity (Wildman–Crippen MR) is 117 cm³/mol. The number of hydrogen-bond donors (Lipinski definition) is 2. The van der Waals surface area contributed by atoms with Crippen molar-refractivity contribution in [2.75, 3.05) is 25.0 Å². The van der Waals surface area contributed by atoms with E-state index in [1.54, 1.807) is 41.9 Å². The van der Waals surface area contributed by atoms with Gasteiger partial charge in [-0.15, -0.1) is 0 Å². The van der Waals surface area contributed by atoms with Crippen LogP contribution in [0.2, 0.25) is 0 Å². The maximum absolute atomic E-state index is 12.8. The number of carbonyl (C=O) groups excluding carboxylic acids is 2. The second kappa shape index (κ2) is 9.65. The van der Waals surface area contributed by atoms with Crippen molar-refractivity contribution >= 4 is 17.6 Å². The molecule has 2 N–H and O–H groups in total. The minimum Gasteiger partial charge on any atom is -0.488 e. The van der Waals surface area contributed by atoms with Crippen LogP contribution in [0.15, 0.2) is 42.9 Å². The first-order chi connectivity index (χ1) is 15.9. The number of amides is 2. The molecule has 1 aromatic carbocycles. The lowest BCUT2D eigenvalue weighted by Crippen LogP contribution is -2.42. The van der Waals surface area contributed by atoms with E-state index in [1.165, 1.54) is 24.5 Å². The Labute approximate surface area is 190 Å². The zero-order valence-corrected chi connectivity index (χ0v) is 18.3. The number of hydrogen-bond acceptors (Lipinski definition) is 8. The number of likely N-dealkylation sites (tertiary alicyclic amines) is 1. The van der Waals surface area contributed by atoms with Crippen molar-refractivity contribution in [1.29, 1.82) is 0 Å².